The maximum absolute atomic E-state index is 5.24. The lowest BCUT2D eigenvalue weighted by molar-refractivity contribution is 0.294. The Bertz CT molecular complexity index is 185. The van der Waals surface area contributed by atoms with Crippen LogP contribution in [0, 0.1) is 5.92 Å². The zero-order valence-corrected chi connectivity index (χ0v) is 6.05. The Morgan fingerprint density at radius 3 is 2.90 bits per heavy atom. The Labute approximate surface area is 61.0 Å². The summed E-state index contributed by atoms with van der Waals surface area (Å²) in [4.78, 5) is 0. The molecule has 1 heterocycles. The molecule has 2 rings (SSSR count). The monoisotopic (exact) mass is 136 g/mol. The summed E-state index contributed by atoms with van der Waals surface area (Å²) in [6.07, 6.45) is 7.15. The quantitative estimate of drug-likeness (QED) is 0.609. The summed E-state index contributed by atoms with van der Waals surface area (Å²) in [5.74, 6) is 2.08. The van der Waals surface area contributed by atoms with E-state index in [0.29, 0.717) is 0 Å². The van der Waals surface area contributed by atoms with Crippen molar-refractivity contribution in [3.8, 4) is 0 Å². The molecule has 1 aliphatic carbocycles. The lowest BCUT2D eigenvalue weighted by Crippen LogP contribution is -2.12. The van der Waals surface area contributed by atoms with Gasteiger partial charge in [-0.15, -0.1) is 0 Å². The van der Waals surface area contributed by atoms with Gasteiger partial charge in [-0.1, -0.05) is 19.3 Å². The van der Waals surface area contributed by atoms with E-state index in [1.54, 1.807) is 6.26 Å². The third kappa shape index (κ3) is 1.08. The Morgan fingerprint density at radius 1 is 1.50 bits per heavy atom. The first-order valence-electron chi connectivity index (χ1n) is 3.97. The van der Waals surface area contributed by atoms with Crippen LogP contribution in [0.1, 0.15) is 25.0 Å². The summed E-state index contributed by atoms with van der Waals surface area (Å²) < 4.78 is 5.24. The predicted octanol–water partition coefficient (Wildman–Crippen LogP) is 2.62. The lowest BCUT2D eigenvalue weighted by Gasteiger charge is -2.23. The standard InChI is InChI=1S/C9H12O/c1-3-8(4-1)7-9-5-2-6-10-9/h2,5-6,8H,1,3-4,7H2. The van der Waals surface area contributed by atoms with Crippen molar-refractivity contribution in [3.63, 3.8) is 0 Å². The highest BCUT2D eigenvalue weighted by Crippen LogP contribution is 2.29. The van der Waals surface area contributed by atoms with E-state index < -0.39 is 0 Å². The maximum Gasteiger partial charge on any atom is 0.104 e. The fourth-order valence-corrected chi connectivity index (χ4v) is 1.41. The minimum Gasteiger partial charge on any atom is -0.469 e. The molecule has 1 heteroatoms. The first-order valence-corrected chi connectivity index (χ1v) is 3.97. The molecule has 0 spiro atoms. The lowest BCUT2D eigenvalue weighted by atomic mass is 9.82. The number of hydrogen-bond acceptors (Lipinski definition) is 1. The first kappa shape index (κ1) is 6.02. The van der Waals surface area contributed by atoms with Crippen LogP contribution in [0.3, 0.4) is 0 Å². The second kappa shape index (κ2) is 2.49. The highest BCUT2D eigenvalue weighted by Gasteiger charge is 2.18. The van der Waals surface area contributed by atoms with Gasteiger partial charge in [0.05, 0.1) is 6.26 Å². The number of furan rings is 1. The van der Waals surface area contributed by atoms with Gasteiger partial charge < -0.3 is 4.42 Å². The third-order valence-corrected chi connectivity index (χ3v) is 2.29. The second-order valence-corrected chi connectivity index (χ2v) is 3.08. The molecule has 0 aromatic carbocycles. The van der Waals surface area contributed by atoms with Crippen LogP contribution in [0.5, 0.6) is 0 Å². The first-order chi connectivity index (χ1) is 4.95. The fourth-order valence-electron chi connectivity index (χ4n) is 1.41. The molecule has 1 nitrogen and oxygen atoms in total. The van der Waals surface area contributed by atoms with Crippen LogP contribution in [-0.2, 0) is 6.42 Å². The van der Waals surface area contributed by atoms with Gasteiger partial charge in [-0.2, -0.15) is 0 Å². The van der Waals surface area contributed by atoms with Crippen LogP contribution in [0.2, 0.25) is 0 Å². The number of hydrogen-bond donors (Lipinski definition) is 0. The van der Waals surface area contributed by atoms with Gasteiger partial charge in [-0.05, 0) is 18.1 Å². The second-order valence-electron chi connectivity index (χ2n) is 3.08. The molecule has 0 saturated heterocycles. The molecule has 0 bridgehead atoms. The summed E-state index contributed by atoms with van der Waals surface area (Å²) in [6, 6.07) is 4.03. The van der Waals surface area contributed by atoms with Gasteiger partial charge in [0.1, 0.15) is 5.76 Å². The molecule has 0 radical (unpaired) electrons. The van der Waals surface area contributed by atoms with Gasteiger partial charge in [0.25, 0.3) is 0 Å². The summed E-state index contributed by atoms with van der Waals surface area (Å²) in [5, 5.41) is 0. The average molecular weight is 136 g/mol. The molecule has 1 aromatic rings. The molecule has 1 fully saturated rings. The zero-order chi connectivity index (χ0) is 6.81. The minimum atomic E-state index is 0.922. The van der Waals surface area contributed by atoms with E-state index in [0.717, 1.165) is 18.1 Å². The van der Waals surface area contributed by atoms with Crippen LogP contribution in [0.15, 0.2) is 22.8 Å². The van der Waals surface area contributed by atoms with Crippen molar-refractivity contribution in [2.75, 3.05) is 0 Å². The summed E-state index contributed by atoms with van der Waals surface area (Å²) in [7, 11) is 0. The normalized spacial score (nSPS) is 18.8. The summed E-state index contributed by atoms with van der Waals surface area (Å²) in [5.41, 5.74) is 0. The molecular weight excluding hydrogens is 124 g/mol. The van der Waals surface area contributed by atoms with E-state index in [9.17, 15) is 0 Å². The molecule has 0 N–H and O–H groups in total. The molecule has 0 unspecified atom stereocenters. The molecular formula is C9H12O. The molecule has 1 saturated carbocycles. The fraction of sp³-hybridized carbons (Fsp3) is 0.556. The molecule has 1 aliphatic rings. The minimum absolute atomic E-state index is 0.922. The van der Waals surface area contributed by atoms with Gasteiger partial charge in [0.15, 0.2) is 0 Å². The van der Waals surface area contributed by atoms with Gasteiger partial charge in [-0.3, -0.25) is 0 Å². The van der Waals surface area contributed by atoms with Crippen LogP contribution in [-0.4, -0.2) is 0 Å². The van der Waals surface area contributed by atoms with Crippen molar-refractivity contribution in [2.45, 2.75) is 25.7 Å². The summed E-state index contributed by atoms with van der Waals surface area (Å²) in [6.45, 7) is 0. The molecule has 0 aliphatic heterocycles. The topological polar surface area (TPSA) is 13.1 Å². The molecule has 0 amide bonds. The van der Waals surface area contributed by atoms with E-state index >= 15 is 0 Å². The van der Waals surface area contributed by atoms with Gasteiger partial charge in [0.2, 0.25) is 0 Å². The van der Waals surface area contributed by atoms with Crippen molar-refractivity contribution in [1.29, 1.82) is 0 Å². The van der Waals surface area contributed by atoms with Gasteiger partial charge in [0, 0.05) is 6.42 Å². The van der Waals surface area contributed by atoms with Gasteiger partial charge >= 0.3 is 0 Å². The molecule has 0 atom stereocenters. The Hall–Kier alpha value is -0.720. The zero-order valence-electron chi connectivity index (χ0n) is 6.05. The smallest absolute Gasteiger partial charge is 0.104 e. The van der Waals surface area contributed by atoms with E-state index in [4.69, 9.17) is 4.42 Å². The van der Waals surface area contributed by atoms with E-state index in [1.165, 1.54) is 19.3 Å². The molecule has 10 heavy (non-hydrogen) atoms. The van der Waals surface area contributed by atoms with Crippen LogP contribution >= 0.6 is 0 Å². The highest BCUT2D eigenvalue weighted by molar-refractivity contribution is 5.00. The maximum atomic E-state index is 5.24. The van der Waals surface area contributed by atoms with Crippen molar-refractivity contribution in [3.05, 3.63) is 24.2 Å². The van der Waals surface area contributed by atoms with E-state index in [-0.39, 0.29) is 0 Å². The third-order valence-electron chi connectivity index (χ3n) is 2.29. The van der Waals surface area contributed by atoms with Crippen molar-refractivity contribution < 1.29 is 4.42 Å². The van der Waals surface area contributed by atoms with Crippen LogP contribution in [0.4, 0.5) is 0 Å². The van der Waals surface area contributed by atoms with E-state index in [1.807, 2.05) is 6.07 Å². The highest BCUT2D eigenvalue weighted by atomic mass is 16.3. The van der Waals surface area contributed by atoms with Crippen molar-refractivity contribution >= 4 is 0 Å². The SMILES string of the molecule is c1coc(CC2CCC2)c1. The molecule has 1 aromatic heterocycles. The molecule has 54 valence electrons. The van der Waals surface area contributed by atoms with Crippen molar-refractivity contribution in [1.82, 2.24) is 0 Å². The predicted molar refractivity (Wildman–Crippen MR) is 39.8 cm³/mol. The van der Waals surface area contributed by atoms with E-state index in [2.05, 4.69) is 6.07 Å². The van der Waals surface area contributed by atoms with Crippen LogP contribution < -0.4 is 0 Å². The Kier molecular flexibility index (Phi) is 1.50. The number of rotatable bonds is 2. The van der Waals surface area contributed by atoms with Crippen molar-refractivity contribution in [2.24, 2.45) is 5.92 Å². The van der Waals surface area contributed by atoms with Crippen LogP contribution in [0.25, 0.3) is 0 Å². The Morgan fingerprint density at radius 2 is 2.40 bits per heavy atom. The summed E-state index contributed by atoms with van der Waals surface area (Å²) >= 11 is 0. The average Bonchev–Trinajstić information content (AvgIpc) is 2.29. The Balaban J connectivity index is 1.90. The largest absolute Gasteiger partial charge is 0.469 e. The van der Waals surface area contributed by atoms with Gasteiger partial charge in [-0.25, -0.2) is 0 Å².